The minimum Gasteiger partial charge on any atom is -0.313 e. The number of nitrogens with one attached hydrogen (secondary N) is 1. The van der Waals surface area contributed by atoms with Gasteiger partial charge in [0.15, 0.2) is 0 Å². The van der Waals surface area contributed by atoms with Crippen LogP contribution in [0.2, 0.25) is 0 Å². The number of likely N-dealkylation sites (tertiary alicyclic amines) is 1. The molecule has 1 atom stereocenters. The summed E-state index contributed by atoms with van der Waals surface area (Å²) in [7, 11) is 0. The van der Waals surface area contributed by atoms with E-state index in [1.807, 2.05) is 0 Å². The van der Waals surface area contributed by atoms with Gasteiger partial charge in [0.1, 0.15) is 0 Å². The standard InChI is InChI=1S/C11H20N2/c1-2-6-12-10(3-1)7-13-8-11(9-13)4-5-11/h10,12H,1-9H2. The first kappa shape index (κ1) is 8.25. The largest absolute Gasteiger partial charge is 0.313 e. The van der Waals surface area contributed by atoms with Gasteiger partial charge in [0.25, 0.3) is 0 Å². The number of piperidine rings is 1. The monoisotopic (exact) mass is 180 g/mol. The molecule has 0 bridgehead atoms. The fourth-order valence-electron chi connectivity index (χ4n) is 2.92. The molecule has 1 spiro atoms. The normalized spacial score (nSPS) is 37.4. The summed E-state index contributed by atoms with van der Waals surface area (Å²) in [6.45, 7) is 5.39. The molecule has 0 aromatic carbocycles. The van der Waals surface area contributed by atoms with Gasteiger partial charge >= 0.3 is 0 Å². The second kappa shape index (κ2) is 2.96. The lowest BCUT2D eigenvalue weighted by molar-refractivity contribution is 0.0670. The maximum Gasteiger partial charge on any atom is 0.0195 e. The molecule has 2 aliphatic heterocycles. The highest BCUT2D eigenvalue weighted by Crippen LogP contribution is 2.52. The summed E-state index contributed by atoms with van der Waals surface area (Å²) in [6, 6.07) is 0.810. The first-order chi connectivity index (χ1) is 6.36. The molecule has 0 aromatic rings. The first-order valence-corrected chi connectivity index (χ1v) is 5.82. The molecule has 13 heavy (non-hydrogen) atoms. The van der Waals surface area contributed by atoms with Gasteiger partial charge in [0.2, 0.25) is 0 Å². The Balaban J connectivity index is 1.42. The van der Waals surface area contributed by atoms with Crippen molar-refractivity contribution < 1.29 is 0 Å². The van der Waals surface area contributed by atoms with Crippen LogP contribution in [0.3, 0.4) is 0 Å². The third-order valence-corrected chi connectivity index (χ3v) is 3.97. The molecule has 1 aliphatic carbocycles. The van der Waals surface area contributed by atoms with Gasteiger partial charge in [-0.25, -0.2) is 0 Å². The number of hydrogen-bond donors (Lipinski definition) is 1. The summed E-state index contributed by atoms with van der Waals surface area (Å²) in [5.74, 6) is 0. The molecule has 3 fully saturated rings. The van der Waals surface area contributed by atoms with Crippen molar-refractivity contribution in [2.75, 3.05) is 26.2 Å². The lowest BCUT2D eigenvalue weighted by Crippen LogP contribution is -2.54. The Labute approximate surface area is 80.7 Å². The fourth-order valence-corrected chi connectivity index (χ4v) is 2.92. The molecule has 1 unspecified atom stereocenters. The Kier molecular flexibility index (Phi) is 1.88. The van der Waals surface area contributed by atoms with E-state index in [-0.39, 0.29) is 0 Å². The summed E-state index contributed by atoms with van der Waals surface area (Å²) in [5, 5.41) is 3.62. The van der Waals surface area contributed by atoms with Gasteiger partial charge in [-0.1, -0.05) is 6.42 Å². The molecule has 2 heterocycles. The van der Waals surface area contributed by atoms with Gasteiger partial charge in [-0.15, -0.1) is 0 Å². The van der Waals surface area contributed by atoms with Gasteiger partial charge in [0.05, 0.1) is 0 Å². The van der Waals surface area contributed by atoms with Crippen LogP contribution in [0, 0.1) is 5.41 Å². The maximum absolute atomic E-state index is 3.62. The molecule has 2 heteroatoms. The number of hydrogen-bond acceptors (Lipinski definition) is 2. The number of rotatable bonds is 2. The first-order valence-electron chi connectivity index (χ1n) is 5.82. The molecule has 2 nitrogen and oxygen atoms in total. The fraction of sp³-hybridized carbons (Fsp3) is 1.00. The molecular weight excluding hydrogens is 160 g/mol. The third kappa shape index (κ3) is 1.62. The van der Waals surface area contributed by atoms with Crippen molar-refractivity contribution in [3.63, 3.8) is 0 Å². The minimum absolute atomic E-state index is 0.810. The average Bonchev–Trinajstić information content (AvgIpc) is 2.86. The molecule has 2 saturated heterocycles. The van der Waals surface area contributed by atoms with Crippen LogP contribution in [-0.4, -0.2) is 37.1 Å². The maximum atomic E-state index is 3.62. The van der Waals surface area contributed by atoms with Gasteiger partial charge < -0.3 is 10.2 Å². The highest BCUT2D eigenvalue weighted by molar-refractivity contribution is 5.05. The quantitative estimate of drug-likeness (QED) is 0.687. The summed E-state index contributed by atoms with van der Waals surface area (Å²) in [6.07, 6.45) is 7.27. The van der Waals surface area contributed by atoms with Crippen LogP contribution in [0.4, 0.5) is 0 Å². The average molecular weight is 180 g/mol. The molecule has 0 aromatic heterocycles. The summed E-state index contributed by atoms with van der Waals surface area (Å²) >= 11 is 0. The zero-order valence-electron chi connectivity index (χ0n) is 8.39. The van der Waals surface area contributed by atoms with Crippen LogP contribution in [0.1, 0.15) is 32.1 Å². The van der Waals surface area contributed by atoms with Crippen molar-refractivity contribution in [2.24, 2.45) is 5.41 Å². The van der Waals surface area contributed by atoms with E-state index in [4.69, 9.17) is 0 Å². The molecule has 74 valence electrons. The van der Waals surface area contributed by atoms with Crippen LogP contribution in [0.15, 0.2) is 0 Å². The smallest absolute Gasteiger partial charge is 0.0195 e. The van der Waals surface area contributed by atoms with Crippen LogP contribution in [0.5, 0.6) is 0 Å². The summed E-state index contributed by atoms with van der Waals surface area (Å²) in [4.78, 5) is 2.65. The van der Waals surface area contributed by atoms with E-state index in [1.165, 1.54) is 58.3 Å². The predicted molar refractivity (Wildman–Crippen MR) is 53.7 cm³/mol. The van der Waals surface area contributed by atoms with Crippen molar-refractivity contribution in [1.82, 2.24) is 10.2 Å². The SMILES string of the molecule is C1CCC(CN2CC3(CC3)C2)NC1. The van der Waals surface area contributed by atoms with Crippen molar-refractivity contribution in [3.8, 4) is 0 Å². The molecule has 0 amide bonds. The molecule has 1 saturated carbocycles. The van der Waals surface area contributed by atoms with E-state index in [1.54, 1.807) is 0 Å². The van der Waals surface area contributed by atoms with E-state index >= 15 is 0 Å². The Morgan fingerprint density at radius 3 is 2.69 bits per heavy atom. The number of nitrogens with zero attached hydrogens (tertiary/aromatic N) is 1. The molecular formula is C11H20N2. The second-order valence-electron chi connectivity index (χ2n) is 5.32. The van der Waals surface area contributed by atoms with Crippen LogP contribution < -0.4 is 5.32 Å². The Bertz CT molecular complexity index is 184. The molecule has 3 aliphatic rings. The van der Waals surface area contributed by atoms with E-state index < -0.39 is 0 Å². The highest BCUT2D eigenvalue weighted by atomic mass is 15.2. The van der Waals surface area contributed by atoms with E-state index in [0.29, 0.717) is 0 Å². The van der Waals surface area contributed by atoms with E-state index in [0.717, 1.165) is 11.5 Å². The van der Waals surface area contributed by atoms with Gasteiger partial charge in [0, 0.05) is 25.7 Å². The zero-order chi connectivity index (χ0) is 8.73. The Morgan fingerprint density at radius 1 is 1.23 bits per heavy atom. The van der Waals surface area contributed by atoms with Gasteiger partial charge in [-0.3, -0.25) is 0 Å². The van der Waals surface area contributed by atoms with Gasteiger partial charge in [-0.2, -0.15) is 0 Å². The van der Waals surface area contributed by atoms with Crippen LogP contribution >= 0.6 is 0 Å². The molecule has 0 radical (unpaired) electrons. The van der Waals surface area contributed by atoms with E-state index in [9.17, 15) is 0 Å². The zero-order valence-corrected chi connectivity index (χ0v) is 8.39. The molecule has 3 rings (SSSR count). The summed E-state index contributed by atoms with van der Waals surface area (Å²) in [5.41, 5.74) is 0.842. The third-order valence-electron chi connectivity index (χ3n) is 3.97. The van der Waals surface area contributed by atoms with Gasteiger partial charge in [-0.05, 0) is 37.6 Å². The van der Waals surface area contributed by atoms with Crippen molar-refractivity contribution in [2.45, 2.75) is 38.1 Å². The minimum atomic E-state index is 0.810. The van der Waals surface area contributed by atoms with E-state index in [2.05, 4.69) is 10.2 Å². The Morgan fingerprint density at radius 2 is 2.08 bits per heavy atom. The second-order valence-corrected chi connectivity index (χ2v) is 5.32. The predicted octanol–water partition coefficient (Wildman–Crippen LogP) is 1.22. The van der Waals surface area contributed by atoms with Crippen molar-refractivity contribution in [3.05, 3.63) is 0 Å². The van der Waals surface area contributed by atoms with Crippen molar-refractivity contribution >= 4 is 0 Å². The van der Waals surface area contributed by atoms with Crippen LogP contribution in [-0.2, 0) is 0 Å². The lowest BCUT2D eigenvalue weighted by Gasteiger charge is -2.42. The highest BCUT2D eigenvalue weighted by Gasteiger charge is 2.52. The van der Waals surface area contributed by atoms with Crippen LogP contribution in [0.25, 0.3) is 0 Å². The topological polar surface area (TPSA) is 15.3 Å². The van der Waals surface area contributed by atoms with Crippen molar-refractivity contribution in [1.29, 1.82) is 0 Å². The molecule has 1 N–H and O–H groups in total. The lowest BCUT2D eigenvalue weighted by atomic mass is 9.95. The Hall–Kier alpha value is -0.0800. The summed E-state index contributed by atoms with van der Waals surface area (Å²) < 4.78 is 0.